The Morgan fingerprint density at radius 1 is 1.08 bits per heavy atom. The molecule has 5 heteroatoms. The highest BCUT2D eigenvalue weighted by Crippen LogP contribution is 2.08. The average Bonchev–Trinajstić information content (AvgIpc) is 2.63. The van der Waals surface area contributed by atoms with Crippen LogP contribution in [0, 0.1) is 12.7 Å². The summed E-state index contributed by atoms with van der Waals surface area (Å²) in [5.41, 5.74) is 3.10. The number of hydrogen-bond acceptors (Lipinski definition) is 2. The van der Waals surface area contributed by atoms with Crippen LogP contribution < -0.4 is 5.32 Å². The highest BCUT2D eigenvalue weighted by atomic mass is 19.1. The van der Waals surface area contributed by atoms with Crippen molar-refractivity contribution < 1.29 is 14.0 Å². The van der Waals surface area contributed by atoms with Gasteiger partial charge >= 0.3 is 0 Å². The van der Waals surface area contributed by atoms with Gasteiger partial charge in [-0.3, -0.25) is 9.59 Å². The molecule has 2 aromatic rings. The smallest absolute Gasteiger partial charge is 0.239 e. The van der Waals surface area contributed by atoms with E-state index in [4.69, 9.17) is 0 Å². The Labute approximate surface area is 154 Å². The molecule has 2 rings (SSSR count). The number of likely N-dealkylation sites (N-methyl/N-ethyl adjacent to an activating group) is 1. The van der Waals surface area contributed by atoms with Crippen LogP contribution in [0.1, 0.15) is 30.0 Å². The number of halogens is 1. The van der Waals surface area contributed by atoms with Crippen molar-refractivity contribution in [2.75, 3.05) is 13.1 Å². The van der Waals surface area contributed by atoms with E-state index >= 15 is 0 Å². The third kappa shape index (κ3) is 6.31. The number of amides is 2. The molecule has 0 aliphatic carbocycles. The zero-order chi connectivity index (χ0) is 18.9. The second-order valence-electron chi connectivity index (χ2n) is 6.30. The normalized spacial score (nSPS) is 10.4. The van der Waals surface area contributed by atoms with Crippen LogP contribution >= 0.6 is 0 Å². The quantitative estimate of drug-likeness (QED) is 0.789. The van der Waals surface area contributed by atoms with Gasteiger partial charge in [-0.05, 0) is 43.5 Å². The van der Waals surface area contributed by atoms with Crippen LogP contribution in [0.4, 0.5) is 4.39 Å². The maximum atomic E-state index is 12.9. The third-order valence-electron chi connectivity index (χ3n) is 4.18. The Hall–Kier alpha value is -2.69. The molecule has 2 amide bonds. The molecule has 0 aromatic heterocycles. The minimum absolute atomic E-state index is 0.0321. The minimum atomic E-state index is -0.309. The Morgan fingerprint density at radius 2 is 1.81 bits per heavy atom. The minimum Gasteiger partial charge on any atom is -0.350 e. The van der Waals surface area contributed by atoms with E-state index in [2.05, 4.69) is 11.4 Å². The van der Waals surface area contributed by atoms with Gasteiger partial charge in [-0.2, -0.15) is 0 Å². The second-order valence-corrected chi connectivity index (χ2v) is 6.30. The van der Waals surface area contributed by atoms with E-state index in [1.165, 1.54) is 17.7 Å². The fourth-order valence-corrected chi connectivity index (χ4v) is 2.69. The van der Waals surface area contributed by atoms with Gasteiger partial charge in [-0.25, -0.2) is 4.39 Å². The number of carbonyl (C=O) groups is 2. The molecule has 0 saturated heterocycles. The number of nitrogens with zero attached hydrogens (tertiary/aromatic N) is 1. The molecule has 138 valence electrons. The summed E-state index contributed by atoms with van der Waals surface area (Å²) >= 11 is 0. The van der Waals surface area contributed by atoms with E-state index < -0.39 is 0 Å². The van der Waals surface area contributed by atoms with Gasteiger partial charge in [0, 0.05) is 19.5 Å². The lowest BCUT2D eigenvalue weighted by Crippen LogP contribution is -2.40. The molecular formula is C21H25FN2O2. The van der Waals surface area contributed by atoms with E-state index in [0.717, 1.165) is 11.1 Å². The summed E-state index contributed by atoms with van der Waals surface area (Å²) in [7, 11) is 0. The SMILES string of the molecule is CCN(CC(=O)NCc1ccc(F)cc1)C(=O)CCc1cccc(C)c1. The molecule has 0 spiro atoms. The summed E-state index contributed by atoms with van der Waals surface area (Å²) in [6.45, 7) is 4.71. The lowest BCUT2D eigenvalue weighted by Gasteiger charge is -2.20. The fraction of sp³-hybridized carbons (Fsp3) is 0.333. The number of benzene rings is 2. The first kappa shape index (κ1) is 19.6. The largest absolute Gasteiger partial charge is 0.350 e. The van der Waals surface area contributed by atoms with Crippen molar-refractivity contribution in [1.29, 1.82) is 0 Å². The molecule has 0 radical (unpaired) electrons. The van der Waals surface area contributed by atoms with Crippen molar-refractivity contribution in [3.8, 4) is 0 Å². The molecule has 0 aliphatic heterocycles. The van der Waals surface area contributed by atoms with E-state index in [1.54, 1.807) is 17.0 Å². The van der Waals surface area contributed by atoms with Gasteiger partial charge in [0.25, 0.3) is 0 Å². The summed E-state index contributed by atoms with van der Waals surface area (Å²) in [5, 5.41) is 2.76. The van der Waals surface area contributed by atoms with E-state index in [1.807, 2.05) is 32.0 Å². The zero-order valence-electron chi connectivity index (χ0n) is 15.3. The predicted molar refractivity (Wildman–Crippen MR) is 100 cm³/mol. The first-order chi connectivity index (χ1) is 12.5. The van der Waals surface area contributed by atoms with Crippen molar-refractivity contribution in [2.24, 2.45) is 0 Å². The standard InChI is InChI=1S/C21H25FN2O2/c1-3-24(21(26)12-9-17-6-4-5-16(2)13-17)15-20(25)23-14-18-7-10-19(22)11-8-18/h4-8,10-11,13H,3,9,12,14-15H2,1-2H3,(H,23,25). The molecule has 0 saturated carbocycles. The first-order valence-electron chi connectivity index (χ1n) is 8.82. The molecule has 0 aliphatic rings. The van der Waals surface area contributed by atoms with Gasteiger partial charge < -0.3 is 10.2 Å². The summed E-state index contributed by atoms with van der Waals surface area (Å²) in [5.74, 6) is -0.567. The van der Waals surface area contributed by atoms with Crippen molar-refractivity contribution in [3.63, 3.8) is 0 Å². The molecule has 0 bridgehead atoms. The van der Waals surface area contributed by atoms with Crippen molar-refractivity contribution in [2.45, 2.75) is 33.2 Å². The average molecular weight is 356 g/mol. The van der Waals surface area contributed by atoms with Gasteiger partial charge in [0.2, 0.25) is 11.8 Å². The van der Waals surface area contributed by atoms with Gasteiger partial charge in [0.05, 0.1) is 6.54 Å². The summed E-state index contributed by atoms with van der Waals surface area (Å²) < 4.78 is 12.9. The third-order valence-corrected chi connectivity index (χ3v) is 4.18. The van der Waals surface area contributed by atoms with Crippen LogP contribution in [0.25, 0.3) is 0 Å². The zero-order valence-corrected chi connectivity index (χ0v) is 15.3. The van der Waals surface area contributed by atoms with Crippen LogP contribution in [0.2, 0.25) is 0 Å². The predicted octanol–water partition coefficient (Wildman–Crippen LogP) is 3.23. The number of hydrogen-bond donors (Lipinski definition) is 1. The van der Waals surface area contributed by atoms with E-state index in [9.17, 15) is 14.0 Å². The second kappa shape index (κ2) is 9.70. The first-order valence-corrected chi connectivity index (χ1v) is 8.82. The maximum absolute atomic E-state index is 12.9. The fourth-order valence-electron chi connectivity index (χ4n) is 2.69. The molecule has 0 heterocycles. The highest BCUT2D eigenvalue weighted by molar-refractivity contribution is 5.84. The van der Waals surface area contributed by atoms with Gasteiger partial charge in [0.15, 0.2) is 0 Å². The Bertz CT molecular complexity index is 744. The summed E-state index contributed by atoms with van der Waals surface area (Å²) in [6.07, 6.45) is 1.04. The number of nitrogens with one attached hydrogen (secondary N) is 1. The Morgan fingerprint density at radius 3 is 2.46 bits per heavy atom. The lowest BCUT2D eigenvalue weighted by atomic mass is 10.1. The number of carbonyl (C=O) groups excluding carboxylic acids is 2. The summed E-state index contributed by atoms with van der Waals surface area (Å²) in [6, 6.07) is 14.0. The molecule has 4 nitrogen and oxygen atoms in total. The molecule has 1 N–H and O–H groups in total. The van der Waals surface area contributed by atoms with E-state index in [0.29, 0.717) is 25.9 Å². The van der Waals surface area contributed by atoms with Crippen LogP contribution in [-0.4, -0.2) is 29.8 Å². The molecule has 0 fully saturated rings. The molecule has 2 aromatic carbocycles. The molecule has 0 atom stereocenters. The van der Waals surface area contributed by atoms with E-state index in [-0.39, 0.29) is 24.2 Å². The monoisotopic (exact) mass is 356 g/mol. The summed E-state index contributed by atoms with van der Waals surface area (Å²) in [4.78, 5) is 26.0. The van der Waals surface area contributed by atoms with Crippen LogP contribution in [0.3, 0.4) is 0 Å². The maximum Gasteiger partial charge on any atom is 0.239 e. The van der Waals surface area contributed by atoms with Crippen molar-refractivity contribution in [3.05, 3.63) is 71.0 Å². The Balaban J connectivity index is 1.80. The topological polar surface area (TPSA) is 49.4 Å². The number of aryl methyl sites for hydroxylation is 2. The molecule has 0 unspecified atom stereocenters. The van der Waals surface area contributed by atoms with Gasteiger partial charge in [0.1, 0.15) is 5.82 Å². The van der Waals surface area contributed by atoms with Crippen LogP contribution in [-0.2, 0) is 22.6 Å². The number of rotatable bonds is 8. The van der Waals surface area contributed by atoms with Crippen LogP contribution in [0.5, 0.6) is 0 Å². The van der Waals surface area contributed by atoms with Gasteiger partial charge in [-0.1, -0.05) is 42.0 Å². The van der Waals surface area contributed by atoms with Crippen LogP contribution in [0.15, 0.2) is 48.5 Å². The van der Waals surface area contributed by atoms with Crippen molar-refractivity contribution >= 4 is 11.8 Å². The Kier molecular flexibility index (Phi) is 7.33. The molecular weight excluding hydrogens is 331 g/mol. The van der Waals surface area contributed by atoms with Gasteiger partial charge in [-0.15, -0.1) is 0 Å². The lowest BCUT2D eigenvalue weighted by molar-refractivity contribution is -0.135. The molecule has 26 heavy (non-hydrogen) atoms. The highest BCUT2D eigenvalue weighted by Gasteiger charge is 2.15. The van der Waals surface area contributed by atoms with Crippen molar-refractivity contribution in [1.82, 2.24) is 10.2 Å².